The van der Waals surface area contributed by atoms with Crippen molar-refractivity contribution in [3.8, 4) is 0 Å². The van der Waals surface area contributed by atoms with Gasteiger partial charge >= 0.3 is 5.97 Å². The third kappa shape index (κ3) is 3.66. The fourth-order valence-corrected chi connectivity index (χ4v) is 2.52. The summed E-state index contributed by atoms with van der Waals surface area (Å²) in [5.41, 5.74) is 1.82. The van der Waals surface area contributed by atoms with Crippen LogP contribution in [0.1, 0.15) is 46.2 Å². The second-order valence-corrected chi connectivity index (χ2v) is 5.61. The maximum absolute atomic E-state index is 12.1. The number of anilines is 1. The first-order valence-corrected chi connectivity index (χ1v) is 7.34. The molecule has 0 fully saturated rings. The van der Waals surface area contributed by atoms with Gasteiger partial charge in [-0.05, 0) is 30.2 Å². The number of ether oxygens (including phenoxy) is 1. The summed E-state index contributed by atoms with van der Waals surface area (Å²) in [6.45, 7) is 4.10. The van der Waals surface area contributed by atoms with Crippen LogP contribution in [0.25, 0.3) is 0 Å². The van der Waals surface area contributed by atoms with Crippen molar-refractivity contribution in [1.29, 1.82) is 0 Å². The molecule has 110 valence electrons. The lowest BCUT2D eigenvalue weighted by atomic mass is 10.1. The number of carbonyl (C=O) groups excluding carboxylic acids is 2. The van der Waals surface area contributed by atoms with Gasteiger partial charge in [-0.15, -0.1) is 11.3 Å². The summed E-state index contributed by atoms with van der Waals surface area (Å²) in [5, 5.41) is 5.25. The minimum absolute atomic E-state index is 0.254. The number of amides is 1. The lowest BCUT2D eigenvalue weighted by Crippen LogP contribution is -2.12. The van der Waals surface area contributed by atoms with Gasteiger partial charge in [-0.3, -0.25) is 10.1 Å². The van der Waals surface area contributed by atoms with Gasteiger partial charge in [-0.2, -0.15) is 0 Å². The van der Waals surface area contributed by atoms with Crippen LogP contribution in [0, 0.1) is 0 Å². The smallest absolute Gasteiger partial charge is 0.337 e. The molecule has 2 aromatic rings. The predicted octanol–water partition coefficient (Wildman–Crippen LogP) is 3.31. The number of carbonyl (C=O) groups is 2. The zero-order chi connectivity index (χ0) is 15.4. The van der Waals surface area contributed by atoms with E-state index in [1.54, 1.807) is 24.3 Å². The quantitative estimate of drug-likeness (QED) is 0.880. The summed E-state index contributed by atoms with van der Waals surface area (Å²) in [6, 6.07) is 6.28. The van der Waals surface area contributed by atoms with Crippen LogP contribution in [-0.2, 0) is 4.74 Å². The molecular formula is C15H16N2O3S. The molecule has 0 saturated heterocycles. The normalized spacial score (nSPS) is 10.5. The number of thiazole rings is 1. The molecule has 0 aliphatic carbocycles. The maximum atomic E-state index is 12.1. The molecule has 0 bridgehead atoms. The van der Waals surface area contributed by atoms with Gasteiger partial charge in [0.05, 0.1) is 18.4 Å². The SMILES string of the molecule is COC(=O)c1ccc(C(=O)Nc2nc(C(C)C)cs2)cc1. The monoisotopic (exact) mass is 304 g/mol. The van der Waals surface area contributed by atoms with E-state index in [1.807, 2.05) is 19.2 Å². The Morgan fingerprint density at radius 1 is 1.19 bits per heavy atom. The molecule has 2 rings (SSSR count). The first kappa shape index (κ1) is 15.2. The summed E-state index contributed by atoms with van der Waals surface area (Å²) in [6.07, 6.45) is 0. The molecule has 0 spiro atoms. The summed E-state index contributed by atoms with van der Waals surface area (Å²) in [4.78, 5) is 27.8. The van der Waals surface area contributed by atoms with Crippen molar-refractivity contribution >= 4 is 28.3 Å². The zero-order valence-electron chi connectivity index (χ0n) is 12.0. The zero-order valence-corrected chi connectivity index (χ0v) is 12.9. The molecule has 0 aliphatic rings. The van der Waals surface area contributed by atoms with Crippen LogP contribution in [0.5, 0.6) is 0 Å². The van der Waals surface area contributed by atoms with Crippen LogP contribution < -0.4 is 5.32 Å². The van der Waals surface area contributed by atoms with E-state index in [0.29, 0.717) is 22.2 Å². The number of hydrogen-bond donors (Lipinski definition) is 1. The van der Waals surface area contributed by atoms with Gasteiger partial charge in [0.1, 0.15) is 0 Å². The van der Waals surface area contributed by atoms with E-state index in [2.05, 4.69) is 15.0 Å². The molecule has 0 aliphatic heterocycles. The van der Waals surface area contributed by atoms with E-state index in [9.17, 15) is 9.59 Å². The molecule has 21 heavy (non-hydrogen) atoms. The number of nitrogens with one attached hydrogen (secondary N) is 1. The first-order valence-electron chi connectivity index (χ1n) is 6.46. The van der Waals surface area contributed by atoms with Crippen LogP contribution >= 0.6 is 11.3 Å². The standard InChI is InChI=1S/C15H16N2O3S/c1-9(2)12-8-21-15(16-12)17-13(18)10-4-6-11(7-5-10)14(19)20-3/h4-9H,1-3H3,(H,16,17,18). The molecule has 0 saturated carbocycles. The van der Waals surface area contributed by atoms with Crippen LogP contribution in [0.15, 0.2) is 29.6 Å². The lowest BCUT2D eigenvalue weighted by Gasteiger charge is -2.03. The van der Waals surface area contributed by atoms with Crippen molar-refractivity contribution in [3.63, 3.8) is 0 Å². The molecule has 0 unspecified atom stereocenters. The van der Waals surface area contributed by atoms with Crippen molar-refractivity contribution in [3.05, 3.63) is 46.5 Å². The van der Waals surface area contributed by atoms with Gasteiger partial charge < -0.3 is 4.74 Å². The molecule has 1 heterocycles. The minimum Gasteiger partial charge on any atom is -0.465 e. The third-order valence-corrected chi connectivity index (χ3v) is 3.68. The van der Waals surface area contributed by atoms with E-state index in [1.165, 1.54) is 18.4 Å². The molecule has 1 aromatic carbocycles. The van der Waals surface area contributed by atoms with Crippen molar-refractivity contribution in [2.45, 2.75) is 19.8 Å². The van der Waals surface area contributed by atoms with Crippen molar-refractivity contribution in [1.82, 2.24) is 4.98 Å². The number of rotatable bonds is 4. The van der Waals surface area contributed by atoms with Crippen molar-refractivity contribution in [2.75, 3.05) is 12.4 Å². The minimum atomic E-state index is -0.427. The Labute approximate surface area is 127 Å². The summed E-state index contributed by atoms with van der Waals surface area (Å²) in [7, 11) is 1.32. The predicted molar refractivity (Wildman–Crippen MR) is 81.9 cm³/mol. The Kier molecular flexibility index (Phi) is 4.70. The van der Waals surface area contributed by atoms with E-state index in [0.717, 1.165) is 5.69 Å². The highest BCUT2D eigenvalue weighted by molar-refractivity contribution is 7.14. The highest BCUT2D eigenvalue weighted by Crippen LogP contribution is 2.22. The number of esters is 1. The molecule has 5 nitrogen and oxygen atoms in total. The summed E-state index contributed by atoms with van der Waals surface area (Å²) >= 11 is 1.40. The number of methoxy groups -OCH3 is 1. The maximum Gasteiger partial charge on any atom is 0.337 e. The Morgan fingerprint density at radius 3 is 2.33 bits per heavy atom. The Hall–Kier alpha value is -2.21. The van der Waals surface area contributed by atoms with Gasteiger partial charge in [0.15, 0.2) is 5.13 Å². The first-order chi connectivity index (χ1) is 10.0. The average molecular weight is 304 g/mol. The topological polar surface area (TPSA) is 68.3 Å². The highest BCUT2D eigenvalue weighted by Gasteiger charge is 2.12. The Bertz CT molecular complexity index is 647. The second kappa shape index (κ2) is 6.49. The number of benzene rings is 1. The highest BCUT2D eigenvalue weighted by atomic mass is 32.1. The van der Waals surface area contributed by atoms with E-state index < -0.39 is 5.97 Å². The largest absolute Gasteiger partial charge is 0.465 e. The molecule has 0 radical (unpaired) electrons. The van der Waals surface area contributed by atoms with Crippen molar-refractivity contribution in [2.24, 2.45) is 0 Å². The fourth-order valence-electron chi connectivity index (χ4n) is 1.65. The van der Waals surface area contributed by atoms with Crippen LogP contribution in [0.3, 0.4) is 0 Å². The third-order valence-electron chi connectivity index (χ3n) is 2.90. The van der Waals surface area contributed by atoms with Gasteiger partial charge in [0.25, 0.3) is 5.91 Å². The molecule has 1 aromatic heterocycles. The van der Waals surface area contributed by atoms with Gasteiger partial charge in [-0.1, -0.05) is 13.8 Å². The average Bonchev–Trinajstić information content (AvgIpc) is 2.95. The summed E-state index contributed by atoms with van der Waals surface area (Å²) < 4.78 is 4.61. The van der Waals surface area contributed by atoms with Crippen LogP contribution in [-0.4, -0.2) is 24.0 Å². The van der Waals surface area contributed by atoms with Crippen LogP contribution in [0.4, 0.5) is 5.13 Å². The Morgan fingerprint density at radius 2 is 1.81 bits per heavy atom. The van der Waals surface area contributed by atoms with E-state index >= 15 is 0 Å². The fraction of sp³-hybridized carbons (Fsp3) is 0.267. The second-order valence-electron chi connectivity index (χ2n) is 4.76. The molecule has 1 N–H and O–H groups in total. The lowest BCUT2D eigenvalue weighted by molar-refractivity contribution is 0.0600. The van der Waals surface area contributed by atoms with Gasteiger partial charge in [-0.25, -0.2) is 9.78 Å². The number of nitrogens with zero attached hydrogens (tertiary/aromatic N) is 1. The number of hydrogen-bond acceptors (Lipinski definition) is 5. The Balaban J connectivity index is 2.07. The molecule has 0 atom stereocenters. The summed E-state index contributed by atoms with van der Waals surface area (Å²) in [5.74, 6) is -0.356. The van der Waals surface area contributed by atoms with E-state index in [-0.39, 0.29) is 5.91 Å². The molecule has 1 amide bonds. The van der Waals surface area contributed by atoms with Crippen molar-refractivity contribution < 1.29 is 14.3 Å². The molecule has 6 heteroatoms. The van der Waals surface area contributed by atoms with Gasteiger partial charge in [0.2, 0.25) is 0 Å². The molecular weight excluding hydrogens is 288 g/mol. The number of aromatic nitrogens is 1. The van der Waals surface area contributed by atoms with Gasteiger partial charge in [0, 0.05) is 10.9 Å². The van der Waals surface area contributed by atoms with Crippen LogP contribution in [0.2, 0.25) is 0 Å². The van der Waals surface area contributed by atoms with E-state index in [4.69, 9.17) is 0 Å².